The Morgan fingerprint density at radius 1 is 1.14 bits per heavy atom. The summed E-state index contributed by atoms with van der Waals surface area (Å²) >= 11 is 0. The van der Waals surface area contributed by atoms with Crippen molar-refractivity contribution in [3.05, 3.63) is 54.6 Å². The van der Waals surface area contributed by atoms with Gasteiger partial charge >= 0.3 is 0 Å². The minimum atomic E-state index is -0.404. The molecular formula is C26H26N8O3. The number of nitrogen functional groups attached to an aromatic ring is 2. The Labute approximate surface area is 211 Å². The van der Waals surface area contributed by atoms with E-state index in [9.17, 15) is 4.79 Å². The van der Waals surface area contributed by atoms with Gasteiger partial charge in [0.1, 0.15) is 29.2 Å². The molecule has 0 unspecified atom stereocenters. The molecule has 11 heteroatoms. The van der Waals surface area contributed by atoms with Crippen LogP contribution < -0.4 is 26.8 Å². The molecule has 5 aromatic rings. The standard InChI is InChI=1S/C26H26N8O3/c1-36-20-11-14(2-4-18(20)32-26(35)21-12-15-10-16(27)3-5-19(15)37-21)23-22-24(28)30-13-31-25(22)34(33-23)17-6-8-29-9-7-17/h2-5,10-13,17,29H,6-9,27H2,1H3,(H,32,35)(H2,28,30,31). The molecule has 37 heavy (non-hydrogen) atoms. The predicted octanol–water partition coefficient (Wildman–Crippen LogP) is 3.59. The van der Waals surface area contributed by atoms with Crippen LogP contribution in [-0.4, -0.2) is 45.9 Å². The Hall–Kier alpha value is -4.64. The fourth-order valence-electron chi connectivity index (χ4n) is 4.80. The highest BCUT2D eigenvalue weighted by molar-refractivity contribution is 6.06. The first-order valence-corrected chi connectivity index (χ1v) is 12.0. The van der Waals surface area contributed by atoms with Crippen molar-refractivity contribution in [3.8, 4) is 17.0 Å². The van der Waals surface area contributed by atoms with Crippen LogP contribution in [0.25, 0.3) is 33.3 Å². The van der Waals surface area contributed by atoms with Crippen LogP contribution in [0.4, 0.5) is 17.2 Å². The fourth-order valence-corrected chi connectivity index (χ4v) is 4.80. The zero-order chi connectivity index (χ0) is 25.5. The first-order valence-electron chi connectivity index (χ1n) is 12.0. The van der Waals surface area contributed by atoms with E-state index in [2.05, 4.69) is 20.6 Å². The van der Waals surface area contributed by atoms with E-state index in [1.54, 1.807) is 37.4 Å². The highest BCUT2D eigenvalue weighted by Gasteiger charge is 2.24. The third-order valence-corrected chi connectivity index (χ3v) is 6.66. The first kappa shape index (κ1) is 22.8. The minimum Gasteiger partial charge on any atom is -0.495 e. The molecule has 6 rings (SSSR count). The van der Waals surface area contributed by atoms with Crippen molar-refractivity contribution in [3.63, 3.8) is 0 Å². The monoisotopic (exact) mass is 498 g/mol. The summed E-state index contributed by atoms with van der Waals surface area (Å²) in [5.41, 5.74) is 15.9. The summed E-state index contributed by atoms with van der Waals surface area (Å²) in [4.78, 5) is 21.6. The van der Waals surface area contributed by atoms with Gasteiger partial charge in [0, 0.05) is 16.6 Å². The number of fused-ring (bicyclic) bond motifs is 2. The van der Waals surface area contributed by atoms with E-state index in [-0.39, 0.29) is 11.8 Å². The largest absolute Gasteiger partial charge is 0.495 e. The number of nitrogens with zero attached hydrogens (tertiary/aromatic N) is 4. The molecule has 1 saturated heterocycles. The number of aromatic nitrogens is 4. The van der Waals surface area contributed by atoms with E-state index in [4.69, 9.17) is 25.7 Å². The molecule has 1 aliphatic heterocycles. The number of nitrogens with two attached hydrogens (primary N) is 2. The number of ether oxygens (including phenoxy) is 1. The van der Waals surface area contributed by atoms with Gasteiger partial charge in [-0.25, -0.2) is 14.6 Å². The van der Waals surface area contributed by atoms with Gasteiger partial charge in [-0.2, -0.15) is 5.10 Å². The smallest absolute Gasteiger partial charge is 0.291 e. The van der Waals surface area contributed by atoms with Gasteiger partial charge in [0.05, 0.1) is 24.2 Å². The van der Waals surface area contributed by atoms with Gasteiger partial charge in [-0.05, 0) is 62.3 Å². The predicted molar refractivity (Wildman–Crippen MR) is 141 cm³/mol. The van der Waals surface area contributed by atoms with Crippen molar-refractivity contribution in [2.24, 2.45) is 0 Å². The topological polar surface area (TPSA) is 159 Å². The SMILES string of the molecule is COc1cc(-c2nn(C3CCNCC3)c3ncnc(N)c23)ccc1NC(=O)c1cc2cc(N)ccc2o1. The second kappa shape index (κ2) is 9.10. The zero-order valence-corrected chi connectivity index (χ0v) is 20.2. The van der Waals surface area contributed by atoms with E-state index < -0.39 is 5.91 Å². The highest BCUT2D eigenvalue weighted by atomic mass is 16.5. The van der Waals surface area contributed by atoms with Crippen LogP contribution in [0, 0.1) is 0 Å². The molecule has 1 amide bonds. The van der Waals surface area contributed by atoms with E-state index in [0.29, 0.717) is 45.3 Å². The number of hydrogen-bond donors (Lipinski definition) is 4. The molecule has 188 valence electrons. The number of anilines is 3. The van der Waals surface area contributed by atoms with E-state index in [0.717, 1.165) is 36.9 Å². The van der Waals surface area contributed by atoms with Crippen LogP contribution >= 0.6 is 0 Å². The molecule has 1 fully saturated rings. The summed E-state index contributed by atoms with van der Waals surface area (Å²) in [7, 11) is 1.54. The molecule has 1 aliphatic rings. The average molecular weight is 499 g/mol. The van der Waals surface area contributed by atoms with Gasteiger partial charge in [0.2, 0.25) is 0 Å². The van der Waals surface area contributed by atoms with Crippen LogP contribution in [0.15, 0.2) is 53.2 Å². The molecule has 6 N–H and O–H groups in total. The number of rotatable bonds is 5. The van der Waals surface area contributed by atoms with Gasteiger partial charge in [-0.15, -0.1) is 0 Å². The molecule has 2 aromatic carbocycles. The lowest BCUT2D eigenvalue weighted by atomic mass is 10.1. The van der Waals surface area contributed by atoms with Gasteiger partial charge in [-0.1, -0.05) is 6.07 Å². The summed E-state index contributed by atoms with van der Waals surface area (Å²) in [5.74, 6) is 0.593. The normalized spacial score (nSPS) is 14.3. The Morgan fingerprint density at radius 2 is 1.97 bits per heavy atom. The van der Waals surface area contributed by atoms with E-state index in [1.807, 2.05) is 16.8 Å². The lowest BCUT2D eigenvalue weighted by Gasteiger charge is -2.23. The second-order valence-electron chi connectivity index (χ2n) is 9.01. The Balaban J connectivity index is 1.35. The summed E-state index contributed by atoms with van der Waals surface area (Å²) in [5, 5.41) is 12.6. The summed E-state index contributed by atoms with van der Waals surface area (Å²) in [6.07, 6.45) is 3.36. The van der Waals surface area contributed by atoms with Crippen LogP contribution in [0.2, 0.25) is 0 Å². The number of furan rings is 1. The van der Waals surface area contributed by atoms with Gasteiger partial charge in [0.15, 0.2) is 11.4 Å². The van der Waals surface area contributed by atoms with Crippen molar-refractivity contribution in [1.82, 2.24) is 25.1 Å². The molecule has 0 spiro atoms. The third kappa shape index (κ3) is 4.08. The molecule has 3 aromatic heterocycles. The maximum atomic E-state index is 12.9. The number of nitrogens with one attached hydrogen (secondary N) is 2. The van der Waals surface area contributed by atoms with Crippen molar-refractivity contribution in [2.75, 3.05) is 37.0 Å². The molecule has 11 nitrogen and oxygen atoms in total. The Morgan fingerprint density at radius 3 is 2.78 bits per heavy atom. The van der Waals surface area contributed by atoms with Crippen LogP contribution in [0.1, 0.15) is 29.4 Å². The molecule has 0 radical (unpaired) electrons. The molecular weight excluding hydrogens is 472 g/mol. The summed E-state index contributed by atoms with van der Waals surface area (Å²) in [6.45, 7) is 1.84. The quantitative estimate of drug-likeness (QED) is 0.266. The number of carbonyl (C=O) groups excluding carboxylic acids is 1. The minimum absolute atomic E-state index is 0.170. The maximum absolute atomic E-state index is 12.9. The number of hydrogen-bond acceptors (Lipinski definition) is 9. The summed E-state index contributed by atoms with van der Waals surface area (Å²) < 4.78 is 13.3. The van der Waals surface area contributed by atoms with E-state index in [1.165, 1.54) is 6.33 Å². The molecule has 0 bridgehead atoms. The van der Waals surface area contributed by atoms with Crippen LogP contribution in [0.5, 0.6) is 5.75 Å². The molecule has 0 atom stereocenters. The Kier molecular flexibility index (Phi) is 5.61. The van der Waals surface area contributed by atoms with Gasteiger partial charge < -0.3 is 31.3 Å². The maximum Gasteiger partial charge on any atom is 0.291 e. The zero-order valence-electron chi connectivity index (χ0n) is 20.2. The number of benzene rings is 2. The van der Waals surface area contributed by atoms with Crippen molar-refractivity contribution in [1.29, 1.82) is 0 Å². The number of carbonyl (C=O) groups is 1. The van der Waals surface area contributed by atoms with Crippen LogP contribution in [-0.2, 0) is 0 Å². The lowest BCUT2D eigenvalue weighted by molar-refractivity contribution is 0.0998. The third-order valence-electron chi connectivity index (χ3n) is 6.66. The number of piperidine rings is 1. The van der Waals surface area contributed by atoms with Crippen molar-refractivity contribution >= 4 is 45.1 Å². The van der Waals surface area contributed by atoms with Crippen molar-refractivity contribution in [2.45, 2.75) is 18.9 Å². The number of amides is 1. The summed E-state index contributed by atoms with van der Waals surface area (Å²) in [6, 6.07) is 12.5. The molecule has 0 aliphatic carbocycles. The molecule has 4 heterocycles. The fraction of sp³-hybridized carbons (Fsp3) is 0.231. The van der Waals surface area contributed by atoms with Gasteiger partial charge in [-0.3, -0.25) is 4.79 Å². The second-order valence-corrected chi connectivity index (χ2v) is 9.01. The van der Waals surface area contributed by atoms with Crippen molar-refractivity contribution < 1.29 is 13.9 Å². The number of methoxy groups -OCH3 is 1. The first-order chi connectivity index (χ1) is 18.0. The lowest BCUT2D eigenvalue weighted by Crippen LogP contribution is -2.30. The van der Waals surface area contributed by atoms with Crippen LogP contribution in [0.3, 0.4) is 0 Å². The van der Waals surface area contributed by atoms with E-state index >= 15 is 0 Å². The Bertz CT molecular complexity index is 1630. The van der Waals surface area contributed by atoms with Gasteiger partial charge in [0.25, 0.3) is 5.91 Å². The highest BCUT2D eigenvalue weighted by Crippen LogP contribution is 2.37. The average Bonchev–Trinajstić information content (AvgIpc) is 3.52. The molecule has 0 saturated carbocycles.